The Bertz CT molecular complexity index is 1990. The van der Waals surface area contributed by atoms with Crippen LogP contribution in [0.25, 0.3) is 16.7 Å². The lowest BCUT2D eigenvalue weighted by atomic mass is 9.80. The Morgan fingerprint density at radius 3 is 1.73 bits per heavy atom. The predicted molar refractivity (Wildman–Crippen MR) is 200 cm³/mol. The third kappa shape index (κ3) is 7.87. The van der Waals surface area contributed by atoms with E-state index >= 15 is 0 Å². The van der Waals surface area contributed by atoms with Crippen molar-refractivity contribution in [2.24, 2.45) is 0 Å². The van der Waals surface area contributed by atoms with Gasteiger partial charge in [0.2, 0.25) is 0 Å². The van der Waals surface area contributed by atoms with Gasteiger partial charge in [0, 0.05) is 12.1 Å². The van der Waals surface area contributed by atoms with Crippen molar-refractivity contribution >= 4 is 23.0 Å². The number of carbonyl (C=O) groups is 2. The second-order valence-corrected chi connectivity index (χ2v) is 13.7. The number of ether oxygens (including phenoxy) is 1. The molecule has 0 radical (unpaired) electrons. The van der Waals surface area contributed by atoms with E-state index in [1.54, 1.807) is 20.8 Å². The monoisotopic (exact) mass is 680 g/mol. The average molecular weight is 681 g/mol. The Morgan fingerprint density at radius 1 is 0.725 bits per heavy atom. The quantitative estimate of drug-likeness (QED) is 0.106. The highest BCUT2D eigenvalue weighted by molar-refractivity contribution is 5.85. The number of para-hydroxylation sites is 1. The van der Waals surface area contributed by atoms with Gasteiger partial charge in [0.25, 0.3) is 5.91 Å². The molecule has 0 fully saturated rings. The van der Waals surface area contributed by atoms with E-state index in [1.807, 2.05) is 121 Å². The van der Waals surface area contributed by atoms with E-state index in [-0.39, 0.29) is 6.42 Å². The van der Waals surface area contributed by atoms with Crippen LogP contribution >= 0.6 is 0 Å². The number of amides is 2. The number of benzene rings is 5. The van der Waals surface area contributed by atoms with Crippen LogP contribution in [0.4, 0.5) is 4.79 Å². The highest BCUT2D eigenvalue weighted by Gasteiger charge is 2.40. The maximum atomic E-state index is 14.3. The zero-order chi connectivity index (χ0) is 36.0. The third-order valence-corrected chi connectivity index (χ3v) is 8.86. The van der Waals surface area contributed by atoms with Gasteiger partial charge in [-0.25, -0.2) is 15.3 Å². The molecule has 0 aliphatic carbocycles. The predicted octanol–water partition coefficient (Wildman–Crippen LogP) is 8.51. The fourth-order valence-electron chi connectivity index (χ4n) is 6.30. The number of hydrogen-bond acceptors (Lipinski definition) is 5. The minimum absolute atomic E-state index is 0.220. The van der Waals surface area contributed by atoms with Crippen LogP contribution < -0.4 is 10.8 Å². The van der Waals surface area contributed by atoms with Crippen LogP contribution in [0.5, 0.6) is 0 Å². The van der Waals surface area contributed by atoms with Gasteiger partial charge >= 0.3 is 6.09 Å². The lowest BCUT2D eigenvalue weighted by Crippen LogP contribution is -2.50. The van der Waals surface area contributed by atoms with Crippen molar-refractivity contribution in [3.05, 3.63) is 167 Å². The van der Waals surface area contributed by atoms with Crippen molar-refractivity contribution in [3.8, 4) is 5.69 Å². The summed E-state index contributed by atoms with van der Waals surface area (Å²) in [7, 11) is 0. The van der Waals surface area contributed by atoms with Gasteiger partial charge in [-0.05, 0) is 93.1 Å². The van der Waals surface area contributed by atoms with Gasteiger partial charge < -0.3 is 10.1 Å². The summed E-state index contributed by atoms with van der Waals surface area (Å²) in [4.78, 5) is 39.1. The first-order valence-electron chi connectivity index (χ1n) is 17.2. The summed E-state index contributed by atoms with van der Waals surface area (Å²) >= 11 is 0. The SMILES string of the molecule is Cc1cc2nc(CC[C@H](NC(=O)OC(C)(C)C)C(=O)NOC(c3ccccc3)(c3ccccc3)c3ccccc3)n(-c3ccccc3)c2cc1C. The average Bonchev–Trinajstić information content (AvgIpc) is 3.48. The van der Waals surface area contributed by atoms with Crippen LogP contribution in [-0.4, -0.2) is 33.2 Å². The molecule has 6 rings (SSSR count). The van der Waals surface area contributed by atoms with Crippen molar-refractivity contribution in [2.75, 3.05) is 0 Å². The molecule has 51 heavy (non-hydrogen) atoms. The van der Waals surface area contributed by atoms with E-state index in [4.69, 9.17) is 14.6 Å². The molecule has 6 aromatic rings. The summed E-state index contributed by atoms with van der Waals surface area (Å²) in [5.74, 6) is 0.236. The summed E-state index contributed by atoms with van der Waals surface area (Å²) < 4.78 is 7.72. The number of alkyl carbamates (subject to hydrolysis) is 1. The largest absolute Gasteiger partial charge is 0.444 e. The van der Waals surface area contributed by atoms with Gasteiger partial charge in [0.1, 0.15) is 17.5 Å². The number of fused-ring (bicyclic) bond motifs is 1. The van der Waals surface area contributed by atoms with Crippen LogP contribution in [0.3, 0.4) is 0 Å². The molecule has 0 aliphatic rings. The molecular weight excluding hydrogens is 636 g/mol. The Morgan fingerprint density at radius 2 is 1.22 bits per heavy atom. The summed E-state index contributed by atoms with van der Waals surface area (Å²) in [6, 6.07) is 42.5. The molecule has 0 aliphatic heterocycles. The minimum Gasteiger partial charge on any atom is -0.444 e. The first-order valence-corrected chi connectivity index (χ1v) is 17.2. The molecule has 1 atom stereocenters. The van der Waals surface area contributed by atoms with Crippen molar-refractivity contribution in [1.29, 1.82) is 0 Å². The van der Waals surface area contributed by atoms with Crippen LogP contribution in [-0.2, 0) is 26.4 Å². The molecule has 8 nitrogen and oxygen atoms in total. The van der Waals surface area contributed by atoms with Crippen molar-refractivity contribution < 1.29 is 19.2 Å². The highest BCUT2D eigenvalue weighted by Crippen LogP contribution is 2.39. The zero-order valence-corrected chi connectivity index (χ0v) is 29.7. The van der Waals surface area contributed by atoms with E-state index in [0.29, 0.717) is 6.42 Å². The first kappa shape index (κ1) is 35.1. The van der Waals surface area contributed by atoms with Crippen LogP contribution in [0.2, 0.25) is 0 Å². The normalized spacial score (nSPS) is 12.3. The number of imidazole rings is 1. The van der Waals surface area contributed by atoms with E-state index in [1.165, 1.54) is 0 Å². The second-order valence-electron chi connectivity index (χ2n) is 13.7. The van der Waals surface area contributed by atoms with Crippen LogP contribution in [0.1, 0.15) is 60.8 Å². The second kappa shape index (κ2) is 15.0. The third-order valence-electron chi connectivity index (χ3n) is 8.86. The van der Waals surface area contributed by atoms with E-state index < -0.39 is 29.2 Å². The van der Waals surface area contributed by atoms with Crippen molar-refractivity contribution in [3.63, 3.8) is 0 Å². The molecule has 1 heterocycles. The molecular formula is C43H44N4O4. The zero-order valence-electron chi connectivity index (χ0n) is 29.7. The van der Waals surface area contributed by atoms with Gasteiger partial charge in [0.15, 0.2) is 5.60 Å². The number of nitrogens with one attached hydrogen (secondary N) is 2. The number of hydroxylamine groups is 1. The van der Waals surface area contributed by atoms with Gasteiger partial charge in [-0.1, -0.05) is 109 Å². The van der Waals surface area contributed by atoms with E-state index in [2.05, 4.69) is 41.3 Å². The summed E-state index contributed by atoms with van der Waals surface area (Å²) in [5.41, 5.74) is 8.37. The lowest BCUT2D eigenvalue weighted by molar-refractivity contribution is -0.145. The molecule has 5 aromatic carbocycles. The number of aromatic nitrogens is 2. The Balaban J connectivity index is 1.36. The number of hydrogen-bond donors (Lipinski definition) is 2. The molecule has 0 saturated carbocycles. The molecule has 1 aromatic heterocycles. The van der Waals surface area contributed by atoms with Gasteiger partial charge in [-0.15, -0.1) is 0 Å². The number of rotatable bonds is 11. The molecule has 0 bridgehead atoms. The summed E-state index contributed by atoms with van der Waals surface area (Å²) in [6.07, 6.45) is -0.111. The maximum Gasteiger partial charge on any atom is 0.408 e. The van der Waals surface area contributed by atoms with Gasteiger partial charge in [-0.2, -0.15) is 0 Å². The van der Waals surface area contributed by atoms with Crippen LogP contribution in [0.15, 0.2) is 133 Å². The van der Waals surface area contributed by atoms with Gasteiger partial charge in [0.05, 0.1) is 11.0 Å². The van der Waals surface area contributed by atoms with Gasteiger partial charge in [-0.3, -0.25) is 14.2 Å². The molecule has 0 saturated heterocycles. The molecule has 0 unspecified atom stereocenters. The van der Waals surface area contributed by atoms with Crippen molar-refractivity contribution in [1.82, 2.24) is 20.3 Å². The number of nitrogens with zero attached hydrogens (tertiary/aromatic N) is 2. The van der Waals surface area contributed by atoms with Crippen LogP contribution in [0, 0.1) is 13.8 Å². The number of carbonyl (C=O) groups excluding carboxylic acids is 2. The summed E-state index contributed by atoms with van der Waals surface area (Å²) in [6.45, 7) is 9.50. The molecule has 2 amide bonds. The topological polar surface area (TPSA) is 94.5 Å². The van der Waals surface area contributed by atoms with Crippen molar-refractivity contribution in [2.45, 2.75) is 64.7 Å². The number of aryl methyl sites for hydroxylation is 3. The standard InChI is InChI=1S/C43H44N4O4/c1-30-28-37-38(29-31(30)2)47(35-24-16-9-17-25-35)39(44-37)27-26-36(45-41(49)50-42(3,4)5)40(48)46-51-43(32-18-10-6-11-19-32,33-20-12-7-13-21-33)34-22-14-8-15-23-34/h6-25,28-29,36H,26-27H2,1-5H3,(H,45,49)(H,46,48)/t36-/m0/s1. The van der Waals surface area contributed by atoms with E-state index in [9.17, 15) is 9.59 Å². The van der Waals surface area contributed by atoms with E-state index in [0.717, 1.165) is 50.4 Å². The Labute approximate surface area is 299 Å². The molecule has 0 spiro atoms. The minimum atomic E-state index is -1.20. The summed E-state index contributed by atoms with van der Waals surface area (Å²) in [5, 5.41) is 2.82. The Hall–Kier alpha value is -5.73. The fourth-order valence-corrected chi connectivity index (χ4v) is 6.30. The maximum absolute atomic E-state index is 14.3. The first-order chi connectivity index (χ1) is 24.5. The molecule has 2 N–H and O–H groups in total. The molecule has 8 heteroatoms. The lowest BCUT2D eigenvalue weighted by Gasteiger charge is -2.35. The smallest absolute Gasteiger partial charge is 0.408 e. The fraction of sp³-hybridized carbons (Fsp3) is 0.233. The molecule has 260 valence electrons. The highest BCUT2D eigenvalue weighted by atomic mass is 16.7. The Kier molecular flexibility index (Phi) is 10.3.